The second-order valence-electron chi connectivity index (χ2n) is 10.0. The number of rotatable bonds is 5. The Morgan fingerprint density at radius 2 is 2.29 bits per heavy atom. The van der Waals surface area contributed by atoms with Gasteiger partial charge in [-0.1, -0.05) is 18.2 Å². The molecule has 2 fully saturated rings. The van der Waals surface area contributed by atoms with Gasteiger partial charge in [-0.3, -0.25) is 9.69 Å². The third-order valence-electron chi connectivity index (χ3n) is 8.63. The van der Waals surface area contributed by atoms with Crippen LogP contribution in [0, 0.1) is 0 Å². The fourth-order valence-corrected chi connectivity index (χ4v) is 8.54. The van der Waals surface area contributed by atoms with E-state index in [0.717, 1.165) is 41.0 Å². The van der Waals surface area contributed by atoms with E-state index in [1.54, 1.807) is 17.4 Å². The first kappa shape index (κ1) is 22.5. The maximum absolute atomic E-state index is 13.2. The first-order valence-electron chi connectivity index (χ1n) is 11.9. The van der Waals surface area contributed by atoms with Crippen LogP contribution in [-0.2, 0) is 16.6 Å². The van der Waals surface area contributed by atoms with Crippen molar-refractivity contribution in [2.45, 2.75) is 54.9 Å². The number of hydrogen-bond acceptors (Lipinski definition) is 5. The van der Waals surface area contributed by atoms with Crippen molar-refractivity contribution in [1.82, 2.24) is 9.80 Å². The van der Waals surface area contributed by atoms with Crippen molar-refractivity contribution in [3.05, 3.63) is 68.9 Å². The molecule has 1 aromatic heterocycles. The normalized spacial score (nSPS) is 33.4. The fourth-order valence-electron chi connectivity index (χ4n) is 7.21. The van der Waals surface area contributed by atoms with Gasteiger partial charge in [-0.2, -0.15) is 0 Å². The van der Waals surface area contributed by atoms with Gasteiger partial charge in [-0.15, -0.1) is 17.9 Å². The summed E-state index contributed by atoms with van der Waals surface area (Å²) in [4.78, 5) is 18.5. The zero-order valence-corrected chi connectivity index (χ0v) is 21.6. The molecule has 1 aromatic carbocycles. The number of halogens is 1. The fraction of sp³-hybridized carbons (Fsp3) is 0.444. The molecular weight excluding hydrogens is 512 g/mol. The lowest BCUT2D eigenvalue weighted by atomic mass is 9.48. The number of hydrogen-bond donors (Lipinski definition) is 1. The molecule has 6 rings (SSSR count). The summed E-state index contributed by atoms with van der Waals surface area (Å²) in [7, 11) is 1.88. The van der Waals surface area contributed by atoms with Crippen LogP contribution in [0.4, 0.5) is 0 Å². The average molecular weight is 542 g/mol. The van der Waals surface area contributed by atoms with E-state index in [9.17, 15) is 9.90 Å². The van der Waals surface area contributed by atoms with Gasteiger partial charge in [-0.05, 0) is 71.9 Å². The summed E-state index contributed by atoms with van der Waals surface area (Å²) in [6.07, 6.45) is 8.22. The summed E-state index contributed by atoms with van der Waals surface area (Å²) in [5.41, 5.74) is 1.11. The third-order valence-corrected chi connectivity index (χ3v) is 10.3. The largest absolute Gasteiger partial charge is 0.487 e. The predicted molar refractivity (Wildman–Crippen MR) is 138 cm³/mol. The smallest absolute Gasteiger partial charge is 0.246 e. The van der Waals surface area contributed by atoms with Crippen molar-refractivity contribution in [3.8, 4) is 5.75 Å². The highest BCUT2D eigenvalue weighted by atomic mass is 79.9. The number of thiophene rings is 1. The number of carbonyl (C=O) groups excluding carboxylic acids is 1. The lowest BCUT2D eigenvalue weighted by Gasteiger charge is -2.64. The highest BCUT2D eigenvalue weighted by molar-refractivity contribution is 9.10. The first-order valence-corrected chi connectivity index (χ1v) is 13.6. The minimum Gasteiger partial charge on any atom is -0.487 e. The number of nitrogens with zero attached hydrogens (tertiary/aromatic N) is 2. The molecule has 7 heteroatoms. The van der Waals surface area contributed by atoms with Crippen LogP contribution in [0.25, 0.3) is 6.08 Å². The molecule has 5 atom stereocenters. The van der Waals surface area contributed by atoms with E-state index in [1.165, 1.54) is 11.1 Å². The Balaban J connectivity index is 1.37. The van der Waals surface area contributed by atoms with Gasteiger partial charge >= 0.3 is 0 Å². The van der Waals surface area contributed by atoms with Crippen molar-refractivity contribution in [2.24, 2.45) is 0 Å². The predicted octanol–water partition coefficient (Wildman–Crippen LogP) is 4.39. The Morgan fingerprint density at radius 3 is 3.06 bits per heavy atom. The zero-order valence-electron chi connectivity index (χ0n) is 19.2. The molecule has 1 N–H and O–H groups in total. The van der Waals surface area contributed by atoms with Crippen molar-refractivity contribution < 1.29 is 14.6 Å². The van der Waals surface area contributed by atoms with Gasteiger partial charge in [-0.25, -0.2) is 0 Å². The van der Waals surface area contributed by atoms with Gasteiger partial charge in [0.25, 0.3) is 0 Å². The van der Waals surface area contributed by atoms with Crippen molar-refractivity contribution >= 4 is 39.2 Å². The summed E-state index contributed by atoms with van der Waals surface area (Å²) in [6.45, 7) is 5.62. The number of amides is 1. The molecule has 34 heavy (non-hydrogen) atoms. The van der Waals surface area contributed by atoms with Gasteiger partial charge in [0.15, 0.2) is 0 Å². The molecule has 0 radical (unpaired) electrons. The molecule has 4 aliphatic rings. The molecule has 2 aliphatic heterocycles. The summed E-state index contributed by atoms with van der Waals surface area (Å²) >= 11 is 5.06. The van der Waals surface area contributed by atoms with Crippen LogP contribution in [0.1, 0.15) is 35.3 Å². The quantitative estimate of drug-likeness (QED) is 0.451. The van der Waals surface area contributed by atoms with Gasteiger partial charge in [0.05, 0.1) is 17.1 Å². The van der Waals surface area contributed by atoms with Gasteiger partial charge in [0.2, 0.25) is 5.91 Å². The number of benzene rings is 1. The Morgan fingerprint density at radius 1 is 1.44 bits per heavy atom. The Bertz CT molecular complexity index is 1190. The molecule has 1 amide bonds. The highest BCUT2D eigenvalue weighted by Gasteiger charge is 2.72. The summed E-state index contributed by atoms with van der Waals surface area (Å²) < 4.78 is 7.69. The van der Waals surface area contributed by atoms with Crippen molar-refractivity contribution in [3.63, 3.8) is 0 Å². The summed E-state index contributed by atoms with van der Waals surface area (Å²) in [5, 5.41) is 14.4. The highest BCUT2D eigenvalue weighted by Crippen LogP contribution is 2.64. The van der Waals surface area contributed by atoms with Crippen LogP contribution in [-0.4, -0.2) is 64.7 Å². The van der Waals surface area contributed by atoms with E-state index < -0.39 is 11.0 Å². The summed E-state index contributed by atoms with van der Waals surface area (Å²) in [5.74, 6) is 0.857. The molecule has 0 unspecified atom stereocenters. The SMILES string of the molecule is C=CCN1CC[C@]23c4c5cccc4O[C@H]2[C@@H](N(C)C(=O)/C=C/c2cc(Br)cs2)CC[C@@]3(O)[C@H]1C5. The number of aliphatic hydroxyl groups is 1. The third kappa shape index (κ3) is 3.00. The Labute approximate surface area is 212 Å². The number of ether oxygens (including phenoxy) is 1. The molecule has 1 spiro atoms. The second-order valence-corrected chi connectivity index (χ2v) is 11.9. The van der Waals surface area contributed by atoms with E-state index in [2.05, 4.69) is 39.5 Å². The van der Waals surface area contributed by atoms with Crippen LogP contribution < -0.4 is 4.74 Å². The van der Waals surface area contributed by atoms with Crippen LogP contribution >= 0.6 is 27.3 Å². The van der Waals surface area contributed by atoms with Crippen LogP contribution in [0.5, 0.6) is 5.75 Å². The average Bonchev–Trinajstić information content (AvgIpc) is 3.39. The molecule has 178 valence electrons. The first-order chi connectivity index (χ1) is 16.4. The van der Waals surface area contributed by atoms with E-state index >= 15 is 0 Å². The topological polar surface area (TPSA) is 53.0 Å². The number of carbonyl (C=O) groups is 1. The van der Waals surface area contributed by atoms with E-state index in [4.69, 9.17) is 4.74 Å². The van der Waals surface area contributed by atoms with E-state index in [-0.39, 0.29) is 24.1 Å². The van der Waals surface area contributed by atoms with Crippen molar-refractivity contribution in [1.29, 1.82) is 0 Å². The number of likely N-dealkylation sites (N-methyl/N-ethyl adjacent to an activating group) is 1. The molecule has 2 aromatic rings. The Kier molecular flexibility index (Phi) is 5.33. The number of likely N-dealkylation sites (tertiary alicyclic amines) is 1. The second kappa shape index (κ2) is 8.05. The lowest BCUT2D eigenvalue weighted by molar-refractivity contribution is -0.198. The van der Waals surface area contributed by atoms with Gasteiger partial charge in [0, 0.05) is 46.0 Å². The maximum Gasteiger partial charge on any atom is 0.246 e. The lowest BCUT2D eigenvalue weighted by Crippen LogP contribution is -2.78. The van der Waals surface area contributed by atoms with E-state index in [0.29, 0.717) is 12.8 Å². The van der Waals surface area contributed by atoms with Crippen LogP contribution in [0.3, 0.4) is 0 Å². The van der Waals surface area contributed by atoms with E-state index in [1.807, 2.05) is 41.6 Å². The molecule has 1 saturated heterocycles. The Hall–Kier alpha value is -1.93. The van der Waals surface area contributed by atoms with Crippen molar-refractivity contribution in [2.75, 3.05) is 20.1 Å². The molecule has 2 aliphatic carbocycles. The standard InChI is InChI=1S/C27H29BrN2O3S/c1-3-12-30-13-11-26-24-17-5-4-6-21(24)33-25(26)20(9-10-27(26,32)22(30)14-17)29(2)23(31)8-7-19-15-18(28)16-34-19/h3-8,15-16,20,22,25,32H,1,9-14H2,2H3/b8-7+/t20-,22+,25-,26-,27+/m0/s1. The van der Waals surface area contributed by atoms with Gasteiger partial charge < -0.3 is 14.7 Å². The minimum atomic E-state index is -0.877. The minimum absolute atomic E-state index is 0.0327. The molecule has 5 nitrogen and oxygen atoms in total. The molecule has 3 heterocycles. The van der Waals surface area contributed by atoms with Crippen LogP contribution in [0.2, 0.25) is 0 Å². The monoisotopic (exact) mass is 540 g/mol. The van der Waals surface area contributed by atoms with Gasteiger partial charge in [0.1, 0.15) is 11.9 Å². The van der Waals surface area contributed by atoms with Crippen LogP contribution in [0.15, 0.2) is 52.8 Å². The molecule has 1 saturated carbocycles. The molecule has 2 bridgehead atoms. The zero-order chi connectivity index (χ0) is 23.7. The maximum atomic E-state index is 13.2. The number of piperidine rings is 1. The summed E-state index contributed by atoms with van der Waals surface area (Å²) in [6, 6.07) is 8.23. The molecular formula is C27H29BrN2O3S.